The molecule has 0 aromatic heterocycles. The van der Waals surface area contributed by atoms with E-state index in [1.54, 1.807) is 13.8 Å². The summed E-state index contributed by atoms with van der Waals surface area (Å²) in [6.07, 6.45) is 1.95. The van der Waals surface area contributed by atoms with Gasteiger partial charge in [-0.1, -0.05) is 6.92 Å². The molecule has 22 heavy (non-hydrogen) atoms. The molecule has 0 unspecified atom stereocenters. The summed E-state index contributed by atoms with van der Waals surface area (Å²) in [4.78, 5) is 36.9. The minimum Gasteiger partial charge on any atom is -0.466 e. The molecule has 0 bridgehead atoms. The van der Waals surface area contributed by atoms with Crippen molar-refractivity contribution in [3.63, 3.8) is 0 Å². The molecule has 1 aliphatic heterocycles. The normalized spacial score (nSPS) is 23.6. The van der Waals surface area contributed by atoms with E-state index < -0.39 is 11.9 Å². The molecule has 7 nitrogen and oxygen atoms in total. The first-order chi connectivity index (χ1) is 10.3. The highest BCUT2D eigenvalue weighted by Gasteiger charge is 2.32. The van der Waals surface area contributed by atoms with E-state index in [-0.39, 0.29) is 24.3 Å². The SMILES string of the molecule is CCOC(=O)CCN1CC[C@H](C)C[C@@H]1C(=O)N[C@@H](C)C(N)=O. The summed E-state index contributed by atoms with van der Waals surface area (Å²) in [5.41, 5.74) is 5.18. The Morgan fingerprint density at radius 1 is 1.41 bits per heavy atom. The van der Waals surface area contributed by atoms with Gasteiger partial charge in [-0.25, -0.2) is 0 Å². The number of primary amides is 1. The Labute approximate surface area is 131 Å². The van der Waals surface area contributed by atoms with E-state index in [1.165, 1.54) is 0 Å². The van der Waals surface area contributed by atoms with Crippen molar-refractivity contribution in [3.05, 3.63) is 0 Å². The Balaban J connectivity index is 2.62. The van der Waals surface area contributed by atoms with Crippen LogP contribution >= 0.6 is 0 Å². The van der Waals surface area contributed by atoms with Gasteiger partial charge < -0.3 is 15.8 Å². The second-order valence-electron chi connectivity index (χ2n) is 5.87. The Bertz CT molecular complexity index is 414. The van der Waals surface area contributed by atoms with Gasteiger partial charge in [0.1, 0.15) is 6.04 Å². The second-order valence-corrected chi connectivity index (χ2v) is 5.87. The van der Waals surface area contributed by atoms with Crippen molar-refractivity contribution < 1.29 is 19.1 Å². The predicted molar refractivity (Wildman–Crippen MR) is 81.8 cm³/mol. The summed E-state index contributed by atoms with van der Waals surface area (Å²) in [6.45, 7) is 7.02. The molecule has 0 saturated carbocycles. The number of rotatable bonds is 7. The highest BCUT2D eigenvalue weighted by molar-refractivity contribution is 5.88. The van der Waals surface area contributed by atoms with Crippen LogP contribution in [0.2, 0.25) is 0 Å². The van der Waals surface area contributed by atoms with Crippen molar-refractivity contribution in [1.29, 1.82) is 0 Å². The van der Waals surface area contributed by atoms with Crippen molar-refractivity contribution in [2.45, 2.75) is 52.1 Å². The van der Waals surface area contributed by atoms with E-state index >= 15 is 0 Å². The van der Waals surface area contributed by atoms with Crippen LogP contribution in [0.5, 0.6) is 0 Å². The van der Waals surface area contributed by atoms with Crippen molar-refractivity contribution in [2.75, 3.05) is 19.7 Å². The van der Waals surface area contributed by atoms with Crippen LogP contribution in [-0.2, 0) is 19.1 Å². The Morgan fingerprint density at radius 3 is 2.68 bits per heavy atom. The molecule has 1 heterocycles. The van der Waals surface area contributed by atoms with Gasteiger partial charge in [0.25, 0.3) is 0 Å². The monoisotopic (exact) mass is 313 g/mol. The van der Waals surface area contributed by atoms with E-state index in [2.05, 4.69) is 12.2 Å². The molecular weight excluding hydrogens is 286 g/mol. The Hall–Kier alpha value is -1.63. The maximum atomic E-state index is 12.4. The smallest absolute Gasteiger partial charge is 0.307 e. The number of piperidine rings is 1. The number of nitrogens with two attached hydrogens (primary N) is 1. The minimum atomic E-state index is -0.698. The third kappa shape index (κ3) is 5.63. The first-order valence-corrected chi connectivity index (χ1v) is 7.84. The number of ether oxygens (including phenoxy) is 1. The number of nitrogens with zero attached hydrogens (tertiary/aromatic N) is 1. The zero-order chi connectivity index (χ0) is 16.7. The van der Waals surface area contributed by atoms with Crippen LogP contribution in [-0.4, -0.2) is 54.5 Å². The standard InChI is InChI=1S/C15H27N3O4/c1-4-22-13(19)6-8-18-7-5-10(2)9-12(18)15(21)17-11(3)14(16)20/h10-12H,4-9H2,1-3H3,(H2,16,20)(H,17,21)/t10-,11-,12+/m0/s1. The van der Waals surface area contributed by atoms with E-state index in [4.69, 9.17) is 10.5 Å². The molecule has 0 aliphatic carbocycles. The second kappa shape index (κ2) is 8.73. The van der Waals surface area contributed by atoms with Gasteiger partial charge in [-0.05, 0) is 39.2 Å². The van der Waals surface area contributed by atoms with Gasteiger partial charge in [0, 0.05) is 6.54 Å². The highest BCUT2D eigenvalue weighted by atomic mass is 16.5. The largest absolute Gasteiger partial charge is 0.466 e. The number of nitrogens with one attached hydrogen (secondary N) is 1. The molecule has 1 rings (SSSR count). The van der Waals surface area contributed by atoms with Gasteiger partial charge >= 0.3 is 5.97 Å². The van der Waals surface area contributed by atoms with Crippen LogP contribution in [0, 0.1) is 5.92 Å². The zero-order valence-electron chi connectivity index (χ0n) is 13.6. The third-order valence-corrected chi connectivity index (χ3v) is 3.97. The van der Waals surface area contributed by atoms with Crippen molar-refractivity contribution in [1.82, 2.24) is 10.2 Å². The fraction of sp³-hybridized carbons (Fsp3) is 0.800. The Kier molecular flexibility index (Phi) is 7.31. The minimum absolute atomic E-state index is 0.207. The van der Waals surface area contributed by atoms with Gasteiger partial charge in [-0.2, -0.15) is 0 Å². The number of likely N-dealkylation sites (tertiary alicyclic amines) is 1. The third-order valence-electron chi connectivity index (χ3n) is 3.97. The first kappa shape index (κ1) is 18.4. The maximum Gasteiger partial charge on any atom is 0.307 e. The summed E-state index contributed by atoms with van der Waals surface area (Å²) in [5, 5.41) is 2.64. The lowest BCUT2D eigenvalue weighted by molar-refractivity contribution is -0.144. The molecule has 0 aromatic carbocycles. The van der Waals surface area contributed by atoms with Crippen molar-refractivity contribution in [3.8, 4) is 0 Å². The molecule has 3 atom stereocenters. The van der Waals surface area contributed by atoms with E-state index in [0.717, 1.165) is 13.0 Å². The fourth-order valence-corrected chi connectivity index (χ4v) is 2.58. The lowest BCUT2D eigenvalue weighted by atomic mass is 9.91. The van der Waals surface area contributed by atoms with Crippen LogP contribution < -0.4 is 11.1 Å². The summed E-state index contributed by atoms with van der Waals surface area (Å²) in [7, 11) is 0. The van der Waals surface area contributed by atoms with E-state index in [9.17, 15) is 14.4 Å². The highest BCUT2D eigenvalue weighted by Crippen LogP contribution is 2.23. The number of carbonyl (C=O) groups is 3. The van der Waals surface area contributed by atoms with E-state index in [0.29, 0.717) is 25.5 Å². The quantitative estimate of drug-likeness (QED) is 0.646. The van der Waals surface area contributed by atoms with Gasteiger partial charge in [-0.3, -0.25) is 19.3 Å². The molecule has 7 heteroatoms. The molecule has 3 N–H and O–H groups in total. The fourth-order valence-electron chi connectivity index (χ4n) is 2.58. The number of amides is 2. The molecule has 1 aliphatic rings. The molecule has 126 valence electrons. The van der Waals surface area contributed by atoms with Gasteiger partial charge in [0.2, 0.25) is 11.8 Å². The molecule has 0 radical (unpaired) electrons. The van der Waals surface area contributed by atoms with Crippen LogP contribution in [0.3, 0.4) is 0 Å². The Morgan fingerprint density at radius 2 is 2.09 bits per heavy atom. The van der Waals surface area contributed by atoms with Crippen molar-refractivity contribution >= 4 is 17.8 Å². The number of esters is 1. The van der Waals surface area contributed by atoms with Crippen LogP contribution in [0.25, 0.3) is 0 Å². The van der Waals surface area contributed by atoms with Gasteiger partial charge in [0.05, 0.1) is 19.1 Å². The maximum absolute atomic E-state index is 12.4. The van der Waals surface area contributed by atoms with Crippen molar-refractivity contribution in [2.24, 2.45) is 11.7 Å². The molecule has 0 aromatic rings. The lowest BCUT2D eigenvalue weighted by Gasteiger charge is -2.37. The van der Waals surface area contributed by atoms with Gasteiger partial charge in [-0.15, -0.1) is 0 Å². The van der Waals surface area contributed by atoms with E-state index in [1.807, 2.05) is 4.90 Å². The topological polar surface area (TPSA) is 102 Å². The number of hydrogen-bond donors (Lipinski definition) is 2. The zero-order valence-corrected chi connectivity index (χ0v) is 13.6. The average Bonchev–Trinajstić information content (AvgIpc) is 2.45. The number of hydrogen-bond acceptors (Lipinski definition) is 5. The molecule has 1 fully saturated rings. The van der Waals surface area contributed by atoms with Crippen LogP contribution in [0.1, 0.15) is 40.0 Å². The average molecular weight is 313 g/mol. The summed E-state index contributed by atoms with van der Waals surface area (Å²) < 4.78 is 4.92. The summed E-state index contributed by atoms with van der Waals surface area (Å²) in [6, 6.07) is -1.03. The number of carbonyl (C=O) groups excluding carboxylic acids is 3. The predicted octanol–water partition coefficient (Wildman–Crippen LogP) is 0.0301. The van der Waals surface area contributed by atoms with Gasteiger partial charge in [0.15, 0.2) is 0 Å². The van der Waals surface area contributed by atoms with Crippen LogP contribution in [0.4, 0.5) is 0 Å². The molecular formula is C15H27N3O4. The molecule has 2 amide bonds. The molecule has 0 spiro atoms. The van der Waals surface area contributed by atoms with Crippen LogP contribution in [0.15, 0.2) is 0 Å². The summed E-state index contributed by atoms with van der Waals surface area (Å²) in [5.74, 6) is -0.596. The first-order valence-electron chi connectivity index (χ1n) is 7.84. The lowest BCUT2D eigenvalue weighted by Crippen LogP contribution is -2.54. The molecule has 1 saturated heterocycles. The summed E-state index contributed by atoms with van der Waals surface area (Å²) >= 11 is 0.